The number of hydrogen-bond acceptors (Lipinski definition) is 7. The molecule has 2 saturated heterocycles. The van der Waals surface area contributed by atoms with Crippen LogP contribution in [-0.2, 0) is 9.53 Å². The Balaban J connectivity index is 1.24. The number of rotatable bonds is 2. The van der Waals surface area contributed by atoms with E-state index in [0.717, 1.165) is 12.8 Å². The predicted molar refractivity (Wildman–Crippen MR) is 147 cm³/mol. The summed E-state index contributed by atoms with van der Waals surface area (Å²) in [6.07, 6.45) is 7.12. The van der Waals surface area contributed by atoms with Crippen molar-refractivity contribution in [2.24, 2.45) is 0 Å². The number of carbonyl (C=O) groups excluding carboxylic acids is 3. The van der Waals surface area contributed by atoms with Crippen LogP contribution in [0.25, 0.3) is 0 Å². The molecule has 0 radical (unpaired) electrons. The number of pyridine rings is 1. The number of hydrogen-bond donors (Lipinski definition) is 1. The lowest BCUT2D eigenvalue weighted by Gasteiger charge is -2.41. The number of benzene rings is 1. The van der Waals surface area contributed by atoms with Crippen molar-refractivity contribution in [1.82, 2.24) is 25.0 Å². The Morgan fingerprint density at radius 1 is 0.976 bits per heavy atom. The van der Waals surface area contributed by atoms with Crippen LogP contribution in [0.1, 0.15) is 52.8 Å². The second-order valence-electron chi connectivity index (χ2n) is 11.3. The zero-order valence-corrected chi connectivity index (χ0v) is 23.0. The molecule has 2 aromatic rings. The van der Waals surface area contributed by atoms with Gasteiger partial charge in [-0.3, -0.25) is 19.3 Å². The Morgan fingerprint density at radius 2 is 1.80 bits per heavy atom. The van der Waals surface area contributed by atoms with Gasteiger partial charge in [0.05, 0.1) is 23.8 Å². The van der Waals surface area contributed by atoms with Crippen LogP contribution >= 0.6 is 0 Å². The molecule has 6 rings (SSSR count). The number of nitrogens with zero attached hydrogens (tertiary/aromatic N) is 4. The van der Waals surface area contributed by atoms with Gasteiger partial charge in [0.25, 0.3) is 11.8 Å². The van der Waals surface area contributed by atoms with E-state index in [9.17, 15) is 18.8 Å². The fraction of sp³-hybridized carbons (Fsp3) is 0.533. The first kappa shape index (κ1) is 27.6. The number of likely N-dealkylation sites (tertiary alicyclic amines) is 1. The number of piperazine rings is 1. The minimum atomic E-state index is -0.590. The van der Waals surface area contributed by atoms with Gasteiger partial charge in [0.1, 0.15) is 24.6 Å². The van der Waals surface area contributed by atoms with Gasteiger partial charge in [0.2, 0.25) is 11.8 Å². The molecule has 1 aliphatic carbocycles. The summed E-state index contributed by atoms with van der Waals surface area (Å²) in [5, 5.41) is 3.13. The molecular weight excluding hydrogens is 529 g/mol. The van der Waals surface area contributed by atoms with Crippen molar-refractivity contribution in [3.05, 3.63) is 59.5 Å². The molecule has 3 amide bonds. The summed E-state index contributed by atoms with van der Waals surface area (Å²) in [7, 11) is 0. The average Bonchev–Trinajstić information content (AvgIpc) is 3.41. The monoisotopic (exact) mass is 565 g/mol. The van der Waals surface area contributed by atoms with Gasteiger partial charge >= 0.3 is 0 Å². The first-order chi connectivity index (χ1) is 20.0. The molecule has 0 spiro atoms. The van der Waals surface area contributed by atoms with Crippen LogP contribution in [0.15, 0.2) is 42.6 Å². The summed E-state index contributed by atoms with van der Waals surface area (Å²) in [6.45, 7) is 1.83. The number of carbonyl (C=O) groups is 3. The highest BCUT2D eigenvalue weighted by Gasteiger charge is 2.40. The Hall–Kier alpha value is -3.57. The van der Waals surface area contributed by atoms with Crippen LogP contribution in [-0.4, -0.2) is 108 Å². The van der Waals surface area contributed by atoms with Gasteiger partial charge in [-0.25, -0.2) is 9.37 Å². The van der Waals surface area contributed by atoms with Crippen molar-refractivity contribution in [3.63, 3.8) is 0 Å². The molecule has 218 valence electrons. The van der Waals surface area contributed by atoms with Gasteiger partial charge in [0, 0.05) is 45.0 Å². The second-order valence-corrected chi connectivity index (χ2v) is 11.3. The van der Waals surface area contributed by atoms with Crippen LogP contribution in [0.2, 0.25) is 0 Å². The fourth-order valence-electron chi connectivity index (χ4n) is 6.53. The first-order valence-electron chi connectivity index (χ1n) is 14.6. The van der Waals surface area contributed by atoms with E-state index in [0.29, 0.717) is 24.7 Å². The van der Waals surface area contributed by atoms with Crippen molar-refractivity contribution in [2.75, 3.05) is 45.9 Å². The van der Waals surface area contributed by atoms with Crippen LogP contribution in [0, 0.1) is 5.82 Å². The molecule has 3 fully saturated rings. The minimum Gasteiger partial charge on any atom is -0.475 e. The number of ether oxygens (including phenoxy) is 2. The maximum absolute atomic E-state index is 14.4. The van der Waals surface area contributed by atoms with Gasteiger partial charge in [-0.1, -0.05) is 31.4 Å². The van der Waals surface area contributed by atoms with Crippen molar-refractivity contribution >= 4 is 17.7 Å². The average molecular weight is 566 g/mol. The lowest BCUT2D eigenvalue weighted by atomic mass is 9.94. The molecule has 1 aromatic heterocycles. The zero-order chi connectivity index (χ0) is 28.3. The topological polar surface area (TPSA) is 104 Å². The Labute approximate surface area is 238 Å². The quantitative estimate of drug-likeness (QED) is 0.595. The summed E-state index contributed by atoms with van der Waals surface area (Å²) in [4.78, 5) is 50.0. The van der Waals surface area contributed by atoms with Crippen molar-refractivity contribution in [2.45, 2.75) is 56.3 Å². The highest BCUT2D eigenvalue weighted by Crippen LogP contribution is 2.28. The smallest absolute Gasteiger partial charge is 0.257 e. The van der Waals surface area contributed by atoms with Gasteiger partial charge < -0.3 is 24.6 Å². The summed E-state index contributed by atoms with van der Waals surface area (Å²) in [5.74, 6) is -1.39. The lowest BCUT2D eigenvalue weighted by molar-refractivity contribution is -0.143. The number of halogens is 1. The number of fused-ring (bicyclic) bond motifs is 3. The minimum absolute atomic E-state index is 0.00635. The second kappa shape index (κ2) is 12.1. The Kier molecular flexibility index (Phi) is 8.16. The van der Waals surface area contributed by atoms with Gasteiger partial charge in [-0.15, -0.1) is 0 Å². The summed E-state index contributed by atoms with van der Waals surface area (Å²) in [6, 6.07) is 8.85. The van der Waals surface area contributed by atoms with E-state index in [-0.39, 0.29) is 68.3 Å². The van der Waals surface area contributed by atoms with Crippen LogP contribution in [0.5, 0.6) is 5.88 Å². The molecule has 4 aliphatic rings. The van der Waals surface area contributed by atoms with E-state index in [1.54, 1.807) is 29.3 Å². The molecule has 41 heavy (non-hydrogen) atoms. The molecule has 4 heterocycles. The third-order valence-electron chi connectivity index (χ3n) is 8.75. The third kappa shape index (κ3) is 5.92. The molecule has 0 unspecified atom stereocenters. The maximum Gasteiger partial charge on any atom is 0.257 e. The number of aromatic nitrogens is 1. The van der Waals surface area contributed by atoms with E-state index in [4.69, 9.17) is 9.47 Å². The lowest BCUT2D eigenvalue weighted by Crippen LogP contribution is -2.59. The SMILES string of the molecule is O=C1N[C@@H]2CN(C3CCCCC3)C[C@@H]2OCC(=O)N2CCN(C(=O)c3ccccc3F)C[C@H]2COc2ncccc21. The molecule has 3 atom stereocenters. The fourth-order valence-corrected chi connectivity index (χ4v) is 6.53. The van der Waals surface area contributed by atoms with E-state index < -0.39 is 17.8 Å². The molecule has 10 nitrogen and oxygen atoms in total. The molecular formula is C30H36FN5O5. The molecule has 11 heteroatoms. The maximum atomic E-state index is 14.4. The van der Waals surface area contributed by atoms with Gasteiger partial charge in [0.15, 0.2) is 0 Å². The molecule has 1 saturated carbocycles. The number of nitrogens with one attached hydrogen (secondary N) is 1. The largest absolute Gasteiger partial charge is 0.475 e. The van der Waals surface area contributed by atoms with E-state index in [2.05, 4.69) is 15.2 Å². The van der Waals surface area contributed by atoms with Crippen LogP contribution in [0.4, 0.5) is 4.39 Å². The summed E-state index contributed by atoms with van der Waals surface area (Å²) in [5.41, 5.74) is 0.286. The molecule has 3 aliphatic heterocycles. The predicted octanol–water partition coefficient (Wildman–Crippen LogP) is 2.10. The number of amides is 3. The highest BCUT2D eigenvalue weighted by molar-refractivity contribution is 5.96. The Morgan fingerprint density at radius 3 is 2.63 bits per heavy atom. The van der Waals surface area contributed by atoms with Crippen molar-refractivity contribution < 1.29 is 28.2 Å². The highest BCUT2D eigenvalue weighted by atomic mass is 19.1. The van der Waals surface area contributed by atoms with E-state index in [1.807, 2.05) is 0 Å². The standard InChI is InChI=1S/C30H36FN5O5/c31-24-11-5-4-9-22(24)30(39)34-13-14-36-21(15-34)18-41-29-23(10-6-12-32-29)28(38)33-25-16-35(20-7-2-1-3-8-20)17-26(25)40-19-27(36)37/h4-6,9-12,20-21,25-26H,1-3,7-8,13-19H2,(H,33,38)/t21-,25+,26-/m0/s1. The van der Waals surface area contributed by atoms with Crippen LogP contribution in [0.3, 0.4) is 0 Å². The van der Waals surface area contributed by atoms with Gasteiger partial charge in [-0.05, 0) is 37.1 Å². The molecule has 1 N–H and O–H groups in total. The van der Waals surface area contributed by atoms with Crippen molar-refractivity contribution in [3.8, 4) is 5.88 Å². The molecule has 1 aromatic carbocycles. The normalized spacial score (nSPS) is 26.4. The summed E-state index contributed by atoms with van der Waals surface area (Å²) >= 11 is 0. The first-order valence-corrected chi connectivity index (χ1v) is 14.6. The Bertz CT molecular complexity index is 1290. The summed E-state index contributed by atoms with van der Waals surface area (Å²) < 4.78 is 26.7. The van der Waals surface area contributed by atoms with Crippen molar-refractivity contribution in [1.29, 1.82) is 0 Å². The third-order valence-corrected chi connectivity index (χ3v) is 8.75. The van der Waals surface area contributed by atoms with E-state index >= 15 is 0 Å². The molecule has 0 bridgehead atoms. The zero-order valence-electron chi connectivity index (χ0n) is 23.0. The van der Waals surface area contributed by atoms with E-state index in [1.165, 1.54) is 42.4 Å². The van der Waals surface area contributed by atoms with Gasteiger partial charge in [-0.2, -0.15) is 0 Å². The van der Waals surface area contributed by atoms with Crippen LogP contribution < -0.4 is 10.1 Å².